The molecule has 1 saturated heterocycles. The highest BCUT2D eigenvalue weighted by Gasteiger charge is 2.34. The smallest absolute Gasteiger partial charge is 0.254 e. The summed E-state index contributed by atoms with van der Waals surface area (Å²) in [6, 6.07) is 9.39. The molecule has 29 heavy (non-hydrogen) atoms. The van der Waals surface area contributed by atoms with Crippen molar-refractivity contribution in [3.05, 3.63) is 51.7 Å². The van der Waals surface area contributed by atoms with Crippen LogP contribution in [0.1, 0.15) is 40.6 Å². The second-order valence-corrected chi connectivity index (χ2v) is 10.4. The van der Waals surface area contributed by atoms with Gasteiger partial charge in [-0.3, -0.25) is 4.79 Å². The zero-order valence-corrected chi connectivity index (χ0v) is 18.2. The summed E-state index contributed by atoms with van der Waals surface area (Å²) in [6.07, 6.45) is 2.60. The Balaban J connectivity index is 1.65. The minimum absolute atomic E-state index is 0.0954. The van der Waals surface area contributed by atoms with Crippen molar-refractivity contribution < 1.29 is 17.9 Å². The summed E-state index contributed by atoms with van der Waals surface area (Å²) >= 11 is 1.63. The number of hydrogen-bond donors (Lipinski definition) is 0. The standard InChI is InChI=1S/C21H26N2O4S2/c1-2-16-5-6-17(14-20(16)29(25,26)22-9-11-27-12-10-22)21(24)23(18-7-8-18)15-19-4-3-13-28-19/h3-6,13-14,18H,2,7-12,15H2,1H3. The molecule has 0 spiro atoms. The minimum atomic E-state index is -3.66. The van der Waals surface area contributed by atoms with Crippen LogP contribution in [0.3, 0.4) is 0 Å². The zero-order chi connectivity index (χ0) is 20.4. The van der Waals surface area contributed by atoms with Crippen LogP contribution in [0.5, 0.6) is 0 Å². The SMILES string of the molecule is CCc1ccc(C(=O)N(Cc2cccs2)C2CC2)cc1S(=O)(=O)N1CCOCC1. The number of nitrogens with zero attached hydrogens (tertiary/aromatic N) is 2. The predicted octanol–water partition coefficient (Wildman–Crippen LogP) is 3.14. The molecule has 0 N–H and O–H groups in total. The molecule has 8 heteroatoms. The number of carbonyl (C=O) groups excluding carboxylic acids is 1. The first-order valence-electron chi connectivity index (χ1n) is 10.0. The zero-order valence-electron chi connectivity index (χ0n) is 16.5. The molecule has 1 aliphatic heterocycles. The fraction of sp³-hybridized carbons (Fsp3) is 0.476. The van der Waals surface area contributed by atoms with E-state index >= 15 is 0 Å². The van der Waals surface area contributed by atoms with E-state index in [9.17, 15) is 13.2 Å². The summed E-state index contributed by atoms with van der Waals surface area (Å²) in [5, 5.41) is 2.01. The average molecular weight is 435 g/mol. The van der Waals surface area contributed by atoms with E-state index in [2.05, 4.69) is 0 Å². The Morgan fingerprint density at radius 2 is 2.00 bits per heavy atom. The van der Waals surface area contributed by atoms with E-state index in [4.69, 9.17) is 4.74 Å². The topological polar surface area (TPSA) is 66.9 Å². The van der Waals surface area contributed by atoms with Gasteiger partial charge >= 0.3 is 0 Å². The molecular weight excluding hydrogens is 408 g/mol. The summed E-state index contributed by atoms with van der Waals surface area (Å²) < 4.78 is 33.3. The first-order valence-corrected chi connectivity index (χ1v) is 12.4. The molecule has 2 fully saturated rings. The lowest BCUT2D eigenvalue weighted by atomic mass is 10.1. The van der Waals surface area contributed by atoms with Gasteiger partial charge in [-0.2, -0.15) is 4.31 Å². The number of ether oxygens (including phenoxy) is 1. The van der Waals surface area contributed by atoms with Crippen molar-refractivity contribution in [1.29, 1.82) is 0 Å². The van der Waals surface area contributed by atoms with Crippen LogP contribution in [-0.2, 0) is 27.7 Å². The van der Waals surface area contributed by atoms with Crippen molar-refractivity contribution in [2.24, 2.45) is 0 Å². The minimum Gasteiger partial charge on any atom is -0.379 e. The van der Waals surface area contributed by atoms with Gasteiger partial charge in [0.25, 0.3) is 5.91 Å². The molecule has 6 nitrogen and oxygen atoms in total. The van der Waals surface area contributed by atoms with Crippen LogP contribution < -0.4 is 0 Å². The molecular formula is C21H26N2O4S2. The third kappa shape index (κ3) is 4.40. The van der Waals surface area contributed by atoms with Gasteiger partial charge in [-0.15, -0.1) is 11.3 Å². The van der Waals surface area contributed by atoms with Gasteiger partial charge in [0.2, 0.25) is 10.0 Å². The Hall–Kier alpha value is -1.74. The normalized spacial score (nSPS) is 18.0. The van der Waals surface area contributed by atoms with Crippen molar-refractivity contribution >= 4 is 27.3 Å². The molecule has 1 aromatic heterocycles. The number of thiophene rings is 1. The van der Waals surface area contributed by atoms with Crippen LogP contribution in [0, 0.1) is 0 Å². The molecule has 2 heterocycles. The quantitative estimate of drug-likeness (QED) is 0.672. The Morgan fingerprint density at radius 1 is 1.24 bits per heavy atom. The summed E-state index contributed by atoms with van der Waals surface area (Å²) in [5.74, 6) is -0.0954. The first kappa shape index (κ1) is 20.5. The van der Waals surface area contributed by atoms with E-state index in [1.807, 2.05) is 29.3 Å². The second-order valence-electron chi connectivity index (χ2n) is 7.44. The van der Waals surface area contributed by atoms with Crippen molar-refractivity contribution in [3.8, 4) is 0 Å². The molecule has 1 aromatic carbocycles. The molecule has 1 amide bonds. The predicted molar refractivity (Wildman–Crippen MR) is 113 cm³/mol. The van der Waals surface area contributed by atoms with Crippen LogP contribution in [-0.4, -0.2) is 55.9 Å². The molecule has 2 aromatic rings. The number of amides is 1. The van der Waals surface area contributed by atoms with Crippen LogP contribution >= 0.6 is 11.3 Å². The monoisotopic (exact) mass is 434 g/mol. The van der Waals surface area contributed by atoms with Gasteiger partial charge < -0.3 is 9.64 Å². The van der Waals surface area contributed by atoms with E-state index in [0.29, 0.717) is 44.8 Å². The fourth-order valence-electron chi connectivity index (χ4n) is 3.64. The molecule has 0 atom stereocenters. The fourth-order valence-corrected chi connectivity index (χ4v) is 6.07. The van der Waals surface area contributed by atoms with Gasteiger partial charge in [-0.05, 0) is 48.4 Å². The molecule has 1 saturated carbocycles. The van der Waals surface area contributed by atoms with Crippen LogP contribution in [0.2, 0.25) is 0 Å². The van der Waals surface area contributed by atoms with Gasteiger partial charge in [0.05, 0.1) is 24.7 Å². The second kappa shape index (κ2) is 8.55. The summed E-state index contributed by atoms with van der Waals surface area (Å²) in [6.45, 7) is 3.99. The van der Waals surface area contributed by atoms with Gasteiger partial charge in [0.1, 0.15) is 0 Å². The number of aryl methyl sites for hydroxylation is 1. The molecule has 0 bridgehead atoms. The Kier molecular flexibility index (Phi) is 6.06. The van der Waals surface area contributed by atoms with Gasteiger partial charge in [-0.25, -0.2) is 8.42 Å². The van der Waals surface area contributed by atoms with E-state index < -0.39 is 10.0 Å². The highest BCUT2D eigenvalue weighted by Crippen LogP contribution is 2.32. The van der Waals surface area contributed by atoms with Gasteiger partial charge in [0, 0.05) is 29.6 Å². The number of morpholine rings is 1. The summed E-state index contributed by atoms with van der Waals surface area (Å²) in [4.78, 5) is 16.6. The molecule has 1 aliphatic carbocycles. The van der Waals surface area contributed by atoms with E-state index in [1.54, 1.807) is 29.5 Å². The first-order chi connectivity index (χ1) is 14.0. The van der Waals surface area contributed by atoms with Crippen molar-refractivity contribution in [2.45, 2.75) is 43.7 Å². The molecule has 156 valence electrons. The number of sulfonamides is 1. The van der Waals surface area contributed by atoms with E-state index in [0.717, 1.165) is 23.3 Å². The summed E-state index contributed by atoms with van der Waals surface area (Å²) in [5.41, 5.74) is 1.18. The maximum atomic E-state index is 13.3. The molecule has 0 radical (unpaired) electrons. The van der Waals surface area contributed by atoms with Crippen molar-refractivity contribution in [1.82, 2.24) is 9.21 Å². The van der Waals surface area contributed by atoms with E-state index in [-0.39, 0.29) is 16.8 Å². The highest BCUT2D eigenvalue weighted by atomic mass is 32.2. The maximum Gasteiger partial charge on any atom is 0.254 e. The third-order valence-electron chi connectivity index (χ3n) is 5.44. The number of benzene rings is 1. The van der Waals surface area contributed by atoms with Gasteiger partial charge in [-0.1, -0.05) is 19.1 Å². The maximum absolute atomic E-state index is 13.3. The van der Waals surface area contributed by atoms with Gasteiger partial charge in [0.15, 0.2) is 0 Å². The van der Waals surface area contributed by atoms with Crippen LogP contribution in [0.15, 0.2) is 40.6 Å². The van der Waals surface area contributed by atoms with Crippen molar-refractivity contribution in [3.63, 3.8) is 0 Å². The highest BCUT2D eigenvalue weighted by molar-refractivity contribution is 7.89. The summed E-state index contributed by atoms with van der Waals surface area (Å²) in [7, 11) is -3.66. The number of carbonyl (C=O) groups is 1. The largest absolute Gasteiger partial charge is 0.379 e. The third-order valence-corrected chi connectivity index (χ3v) is 8.28. The Morgan fingerprint density at radius 3 is 2.62 bits per heavy atom. The Labute approximate surface area is 176 Å². The van der Waals surface area contributed by atoms with Crippen molar-refractivity contribution in [2.75, 3.05) is 26.3 Å². The number of rotatable bonds is 7. The van der Waals surface area contributed by atoms with E-state index in [1.165, 1.54) is 4.31 Å². The average Bonchev–Trinajstić information content (AvgIpc) is 3.47. The molecule has 4 rings (SSSR count). The lowest BCUT2D eigenvalue weighted by molar-refractivity contribution is 0.0726. The van der Waals surface area contributed by atoms with Crippen LogP contribution in [0.25, 0.3) is 0 Å². The number of hydrogen-bond acceptors (Lipinski definition) is 5. The lowest BCUT2D eigenvalue weighted by Gasteiger charge is -2.27. The van der Waals surface area contributed by atoms with Crippen LogP contribution in [0.4, 0.5) is 0 Å². The molecule has 2 aliphatic rings. The lowest BCUT2D eigenvalue weighted by Crippen LogP contribution is -2.41. The molecule has 0 unspecified atom stereocenters. The Bertz CT molecular complexity index is 963.